The van der Waals surface area contributed by atoms with Crippen molar-refractivity contribution in [2.24, 2.45) is 5.92 Å². The summed E-state index contributed by atoms with van der Waals surface area (Å²) in [6, 6.07) is 8.13. The number of aryl methyl sites for hydroxylation is 1. The minimum Gasteiger partial charge on any atom is -0.321 e. The van der Waals surface area contributed by atoms with Gasteiger partial charge in [0.2, 0.25) is 0 Å². The number of nitrogens with zero attached hydrogens (tertiary/aromatic N) is 1. The molecule has 1 aliphatic heterocycles. The lowest BCUT2D eigenvalue weighted by Crippen LogP contribution is -2.29. The molecule has 1 fully saturated rings. The molecule has 2 N–H and O–H groups in total. The average molecular weight is 382 g/mol. The fourth-order valence-electron chi connectivity index (χ4n) is 3.07. The Hall–Kier alpha value is -2.05. The standard InChI is InChI=1S/C19H21F2N3O.ClH/c20-15-10-17(21)18(23-12-15)19(25)24-16-7-5-13(6-8-16)3-4-14-2-1-9-22-11-14;/h5-8,10,12,14,22H,1-4,9,11H2,(H,24,25);1H. The minimum atomic E-state index is -0.977. The highest BCUT2D eigenvalue weighted by atomic mass is 35.5. The molecule has 0 radical (unpaired) electrons. The van der Waals surface area contributed by atoms with Crippen LogP contribution in [0.1, 0.15) is 35.3 Å². The molecule has 4 nitrogen and oxygen atoms in total. The summed E-state index contributed by atoms with van der Waals surface area (Å²) in [4.78, 5) is 15.5. The number of carbonyl (C=O) groups excluding carboxylic acids is 1. The van der Waals surface area contributed by atoms with Crippen molar-refractivity contribution < 1.29 is 13.6 Å². The molecule has 1 unspecified atom stereocenters. The van der Waals surface area contributed by atoms with Crippen LogP contribution < -0.4 is 10.6 Å². The Bertz CT molecular complexity index is 734. The smallest absolute Gasteiger partial charge is 0.277 e. The van der Waals surface area contributed by atoms with Crippen LogP contribution in [0.25, 0.3) is 0 Å². The molecule has 7 heteroatoms. The van der Waals surface area contributed by atoms with Gasteiger partial charge in [-0.05, 0) is 62.4 Å². The lowest BCUT2D eigenvalue weighted by molar-refractivity contribution is 0.101. The van der Waals surface area contributed by atoms with Crippen molar-refractivity contribution >= 4 is 24.0 Å². The molecular formula is C19H22ClF2N3O. The van der Waals surface area contributed by atoms with E-state index in [2.05, 4.69) is 15.6 Å². The molecule has 1 amide bonds. The van der Waals surface area contributed by atoms with Crippen molar-refractivity contribution in [2.45, 2.75) is 25.7 Å². The van der Waals surface area contributed by atoms with Gasteiger partial charge in [0.1, 0.15) is 5.82 Å². The number of aromatic nitrogens is 1. The fraction of sp³-hybridized carbons (Fsp3) is 0.368. The summed E-state index contributed by atoms with van der Waals surface area (Å²) in [7, 11) is 0. The number of hydrogen-bond acceptors (Lipinski definition) is 3. The van der Waals surface area contributed by atoms with Gasteiger partial charge in [0.15, 0.2) is 11.5 Å². The molecule has 0 aliphatic carbocycles. The molecule has 2 aromatic rings. The lowest BCUT2D eigenvalue weighted by Gasteiger charge is -2.22. The van der Waals surface area contributed by atoms with Gasteiger partial charge in [0.25, 0.3) is 5.91 Å². The first-order valence-electron chi connectivity index (χ1n) is 8.54. The Labute approximate surface area is 157 Å². The molecule has 2 heterocycles. The van der Waals surface area contributed by atoms with Crippen molar-refractivity contribution in [1.82, 2.24) is 10.3 Å². The number of pyridine rings is 1. The lowest BCUT2D eigenvalue weighted by atomic mass is 9.93. The topological polar surface area (TPSA) is 54.0 Å². The number of carbonyl (C=O) groups is 1. The quantitative estimate of drug-likeness (QED) is 0.824. The average Bonchev–Trinajstić information content (AvgIpc) is 2.62. The Morgan fingerprint density at radius 3 is 2.69 bits per heavy atom. The number of hydrogen-bond donors (Lipinski definition) is 2. The van der Waals surface area contributed by atoms with E-state index in [1.165, 1.54) is 18.4 Å². The summed E-state index contributed by atoms with van der Waals surface area (Å²) in [5.74, 6) is -1.76. The van der Waals surface area contributed by atoms with E-state index in [1.54, 1.807) is 12.1 Å². The summed E-state index contributed by atoms with van der Waals surface area (Å²) in [6.07, 6.45) is 5.47. The number of amides is 1. The molecule has 26 heavy (non-hydrogen) atoms. The van der Waals surface area contributed by atoms with E-state index < -0.39 is 23.2 Å². The molecule has 140 valence electrons. The molecule has 1 aromatic heterocycles. The van der Waals surface area contributed by atoms with Crippen LogP contribution in [-0.4, -0.2) is 24.0 Å². The van der Waals surface area contributed by atoms with E-state index >= 15 is 0 Å². The van der Waals surface area contributed by atoms with Gasteiger partial charge >= 0.3 is 0 Å². The van der Waals surface area contributed by atoms with Gasteiger partial charge < -0.3 is 10.6 Å². The second-order valence-corrected chi connectivity index (χ2v) is 6.39. The summed E-state index contributed by atoms with van der Waals surface area (Å²) in [5.41, 5.74) is 1.34. The zero-order valence-electron chi connectivity index (χ0n) is 14.3. The predicted octanol–water partition coefficient (Wildman–Crippen LogP) is 3.97. The fourth-order valence-corrected chi connectivity index (χ4v) is 3.07. The highest BCUT2D eigenvalue weighted by Crippen LogP contribution is 2.19. The SMILES string of the molecule is Cl.O=C(Nc1ccc(CCC2CCCNC2)cc1)c1ncc(F)cc1F. The molecule has 3 rings (SSSR count). The van der Waals surface area contributed by atoms with Crippen LogP contribution in [0, 0.1) is 17.6 Å². The first kappa shape index (κ1) is 20.3. The van der Waals surface area contributed by atoms with Gasteiger partial charge in [0, 0.05) is 11.8 Å². The molecule has 1 atom stereocenters. The van der Waals surface area contributed by atoms with Gasteiger partial charge in [-0.1, -0.05) is 12.1 Å². The third-order valence-corrected chi connectivity index (χ3v) is 4.47. The molecule has 1 saturated heterocycles. The Kier molecular flexibility index (Phi) is 7.48. The summed E-state index contributed by atoms with van der Waals surface area (Å²) >= 11 is 0. The van der Waals surface area contributed by atoms with Crippen LogP contribution in [-0.2, 0) is 6.42 Å². The van der Waals surface area contributed by atoms with E-state index in [-0.39, 0.29) is 12.4 Å². The normalized spacial score (nSPS) is 16.6. The number of nitrogens with one attached hydrogen (secondary N) is 2. The van der Waals surface area contributed by atoms with Crippen molar-refractivity contribution in [1.29, 1.82) is 0 Å². The Morgan fingerprint density at radius 1 is 1.27 bits per heavy atom. The number of rotatable bonds is 5. The first-order valence-corrected chi connectivity index (χ1v) is 8.54. The largest absolute Gasteiger partial charge is 0.321 e. The molecule has 0 spiro atoms. The maximum absolute atomic E-state index is 13.6. The number of piperidine rings is 1. The Morgan fingerprint density at radius 2 is 2.04 bits per heavy atom. The second-order valence-electron chi connectivity index (χ2n) is 6.39. The number of benzene rings is 1. The molecule has 0 bridgehead atoms. The van der Waals surface area contributed by atoms with E-state index in [4.69, 9.17) is 0 Å². The Balaban J connectivity index is 0.00000243. The van der Waals surface area contributed by atoms with E-state index in [0.29, 0.717) is 11.8 Å². The van der Waals surface area contributed by atoms with Crippen molar-refractivity contribution in [2.75, 3.05) is 18.4 Å². The van der Waals surface area contributed by atoms with Gasteiger partial charge in [-0.3, -0.25) is 4.79 Å². The van der Waals surface area contributed by atoms with Crippen LogP contribution >= 0.6 is 12.4 Å². The van der Waals surface area contributed by atoms with E-state index in [9.17, 15) is 13.6 Å². The van der Waals surface area contributed by atoms with Gasteiger partial charge in [-0.15, -0.1) is 12.4 Å². The highest BCUT2D eigenvalue weighted by molar-refractivity contribution is 6.03. The monoisotopic (exact) mass is 381 g/mol. The predicted molar refractivity (Wildman–Crippen MR) is 99.7 cm³/mol. The zero-order valence-corrected chi connectivity index (χ0v) is 15.1. The first-order chi connectivity index (χ1) is 12.1. The number of halogens is 3. The zero-order chi connectivity index (χ0) is 17.6. The van der Waals surface area contributed by atoms with Crippen LogP contribution in [0.5, 0.6) is 0 Å². The molecular weight excluding hydrogens is 360 g/mol. The van der Waals surface area contributed by atoms with Gasteiger partial charge in [-0.2, -0.15) is 0 Å². The van der Waals surface area contributed by atoms with Crippen LogP contribution in [0.2, 0.25) is 0 Å². The molecule has 0 saturated carbocycles. The summed E-state index contributed by atoms with van der Waals surface area (Å²) in [5, 5.41) is 6.00. The van der Waals surface area contributed by atoms with Crippen LogP contribution in [0.3, 0.4) is 0 Å². The van der Waals surface area contributed by atoms with E-state index in [0.717, 1.165) is 38.0 Å². The van der Waals surface area contributed by atoms with Crippen molar-refractivity contribution in [3.63, 3.8) is 0 Å². The van der Waals surface area contributed by atoms with Crippen molar-refractivity contribution in [3.05, 3.63) is 59.4 Å². The molecule has 1 aromatic carbocycles. The maximum Gasteiger partial charge on any atom is 0.277 e. The number of anilines is 1. The van der Waals surface area contributed by atoms with Crippen LogP contribution in [0.15, 0.2) is 36.5 Å². The molecule has 1 aliphatic rings. The van der Waals surface area contributed by atoms with E-state index in [1.807, 2.05) is 12.1 Å². The van der Waals surface area contributed by atoms with Gasteiger partial charge in [-0.25, -0.2) is 13.8 Å². The second kappa shape index (κ2) is 9.59. The minimum absolute atomic E-state index is 0. The van der Waals surface area contributed by atoms with Gasteiger partial charge in [0.05, 0.1) is 6.20 Å². The van der Waals surface area contributed by atoms with Crippen molar-refractivity contribution in [3.8, 4) is 0 Å². The highest BCUT2D eigenvalue weighted by Gasteiger charge is 2.15. The third-order valence-electron chi connectivity index (χ3n) is 4.47. The summed E-state index contributed by atoms with van der Waals surface area (Å²) in [6.45, 7) is 2.21. The maximum atomic E-state index is 13.6. The van der Waals surface area contributed by atoms with Crippen LogP contribution in [0.4, 0.5) is 14.5 Å². The third kappa shape index (κ3) is 5.47. The summed E-state index contributed by atoms with van der Waals surface area (Å²) < 4.78 is 26.4.